The first-order valence-corrected chi connectivity index (χ1v) is 39.5. The first-order valence-electron chi connectivity index (χ1n) is 36.5. The minimum atomic E-state index is -4.95. The Kier molecular flexibility index (Phi) is 60.8. The van der Waals surface area contributed by atoms with Crippen LogP contribution in [0.4, 0.5) is 0 Å². The molecular formula is C70H136O17P2. The second kappa shape index (κ2) is 62.2. The number of hydrogen-bond acceptors (Lipinski definition) is 15. The number of carbonyl (C=O) groups is 4. The summed E-state index contributed by atoms with van der Waals surface area (Å²) in [6.07, 6.45) is 47.5. The van der Waals surface area contributed by atoms with E-state index in [-0.39, 0.29) is 25.7 Å². The molecule has 0 aromatic rings. The molecule has 0 bridgehead atoms. The molecule has 0 saturated carbocycles. The van der Waals surface area contributed by atoms with Gasteiger partial charge in [-0.3, -0.25) is 37.3 Å². The van der Waals surface area contributed by atoms with E-state index in [4.69, 9.17) is 37.0 Å². The molecule has 17 nitrogen and oxygen atoms in total. The van der Waals surface area contributed by atoms with Gasteiger partial charge in [0.2, 0.25) is 0 Å². The van der Waals surface area contributed by atoms with E-state index in [1.165, 1.54) is 167 Å². The van der Waals surface area contributed by atoms with Crippen molar-refractivity contribution in [3.63, 3.8) is 0 Å². The Morgan fingerprint density at radius 1 is 0.303 bits per heavy atom. The molecule has 0 saturated heterocycles. The average Bonchev–Trinajstić information content (AvgIpc) is 3.52. The topological polar surface area (TPSA) is 237 Å². The zero-order valence-corrected chi connectivity index (χ0v) is 59.5. The van der Waals surface area contributed by atoms with Crippen LogP contribution in [0.15, 0.2) is 0 Å². The fourth-order valence-electron chi connectivity index (χ4n) is 10.6. The van der Waals surface area contributed by atoms with E-state index in [1.807, 2.05) is 0 Å². The summed E-state index contributed by atoms with van der Waals surface area (Å²) in [6, 6.07) is 0. The molecular weight excluding hydrogens is 1170 g/mol. The van der Waals surface area contributed by atoms with Crippen LogP contribution in [0.5, 0.6) is 0 Å². The van der Waals surface area contributed by atoms with Crippen molar-refractivity contribution in [3.8, 4) is 0 Å². The van der Waals surface area contributed by atoms with Crippen molar-refractivity contribution in [2.45, 2.75) is 374 Å². The van der Waals surface area contributed by atoms with Crippen LogP contribution in [-0.2, 0) is 65.4 Å². The smallest absolute Gasteiger partial charge is 0.462 e. The summed E-state index contributed by atoms with van der Waals surface area (Å²) in [7, 11) is -9.90. The number of aliphatic hydroxyl groups is 1. The Morgan fingerprint density at radius 3 is 0.764 bits per heavy atom. The van der Waals surface area contributed by atoms with Crippen molar-refractivity contribution in [3.05, 3.63) is 0 Å². The summed E-state index contributed by atoms with van der Waals surface area (Å²) in [5.74, 6) is -0.753. The lowest BCUT2D eigenvalue weighted by Crippen LogP contribution is -2.30. The van der Waals surface area contributed by atoms with Gasteiger partial charge in [-0.15, -0.1) is 0 Å². The molecule has 2 unspecified atom stereocenters. The van der Waals surface area contributed by atoms with Crippen LogP contribution in [0.3, 0.4) is 0 Å². The fraction of sp³-hybridized carbons (Fsp3) is 0.943. The molecule has 5 atom stereocenters. The lowest BCUT2D eigenvalue weighted by molar-refractivity contribution is -0.161. The van der Waals surface area contributed by atoms with Crippen LogP contribution < -0.4 is 0 Å². The third kappa shape index (κ3) is 64.6. The molecule has 528 valence electrons. The maximum absolute atomic E-state index is 13.0. The second-order valence-electron chi connectivity index (χ2n) is 26.2. The molecule has 0 amide bonds. The molecule has 3 N–H and O–H groups in total. The number of ether oxygens (including phenoxy) is 4. The number of esters is 4. The van der Waals surface area contributed by atoms with Gasteiger partial charge in [-0.2, -0.15) is 0 Å². The lowest BCUT2D eigenvalue weighted by atomic mass is 10.0. The summed E-state index contributed by atoms with van der Waals surface area (Å²) in [5, 5.41) is 10.6. The summed E-state index contributed by atoms with van der Waals surface area (Å²) in [6.45, 7) is 9.40. The largest absolute Gasteiger partial charge is 0.472 e. The molecule has 0 aromatic carbocycles. The lowest BCUT2D eigenvalue weighted by Gasteiger charge is -2.21. The fourth-order valence-corrected chi connectivity index (χ4v) is 12.2. The number of unbranched alkanes of at least 4 members (excludes halogenated alkanes) is 39. The van der Waals surface area contributed by atoms with E-state index in [0.717, 1.165) is 96.3 Å². The van der Waals surface area contributed by atoms with Crippen molar-refractivity contribution in [1.29, 1.82) is 0 Å². The molecule has 0 aromatic heterocycles. The molecule has 0 aliphatic carbocycles. The number of phosphoric acid groups is 2. The van der Waals surface area contributed by atoms with E-state index >= 15 is 0 Å². The van der Waals surface area contributed by atoms with Gasteiger partial charge in [0.15, 0.2) is 12.2 Å². The third-order valence-corrected chi connectivity index (χ3v) is 18.1. The first kappa shape index (κ1) is 87.1. The third-order valence-electron chi connectivity index (χ3n) is 16.2. The van der Waals surface area contributed by atoms with Crippen LogP contribution >= 0.6 is 15.6 Å². The Hall–Kier alpha value is -1.94. The van der Waals surface area contributed by atoms with Crippen LogP contribution in [0.2, 0.25) is 0 Å². The summed E-state index contributed by atoms with van der Waals surface area (Å²) in [4.78, 5) is 72.4. The van der Waals surface area contributed by atoms with Crippen LogP contribution in [0.25, 0.3) is 0 Å². The first-order chi connectivity index (χ1) is 42.9. The standard InChI is InChI=1S/C70H136O17P2/c1-7-9-11-13-15-17-19-21-22-23-24-25-26-28-30-34-42-48-54-69(74)86-65(58-80-67(72)52-46-40-33-29-27-20-18-16-14-12-10-8-2)60-84-88(76,77)82-56-64(71)57-83-89(78,79)85-61-66(59-81-68(73)53-47-41-37-36-39-45-51-63(5)6)87-70(75)55-49-43-35-31-32-38-44-50-62(3)4/h62-66,71H,7-61H2,1-6H3,(H,76,77)(H,78,79)/t64-,65-,66-/m1/s1. The van der Waals surface area contributed by atoms with E-state index in [2.05, 4.69) is 41.5 Å². The molecule has 19 heteroatoms. The van der Waals surface area contributed by atoms with Crippen molar-refractivity contribution in [2.24, 2.45) is 11.8 Å². The van der Waals surface area contributed by atoms with Crippen LogP contribution in [0.1, 0.15) is 356 Å². The Morgan fingerprint density at radius 2 is 0.517 bits per heavy atom. The van der Waals surface area contributed by atoms with Gasteiger partial charge in [-0.1, -0.05) is 305 Å². The van der Waals surface area contributed by atoms with Crippen molar-refractivity contribution < 1.29 is 80.2 Å². The van der Waals surface area contributed by atoms with Crippen molar-refractivity contribution >= 4 is 39.5 Å². The predicted octanol–water partition coefficient (Wildman–Crippen LogP) is 20.0. The SMILES string of the molecule is CCCCCCCCCCCCCCCCCCCCC(=O)O[C@H](COC(=O)CCCCCCCCCCCCCC)COP(=O)(O)OC[C@@H](O)COP(=O)(O)OC[C@@H](COC(=O)CCCCCCCCC(C)C)OC(=O)CCCCCCCCCC(C)C. The molecule has 0 heterocycles. The van der Waals surface area contributed by atoms with Gasteiger partial charge < -0.3 is 33.8 Å². The Bertz CT molecular complexity index is 1730. The zero-order chi connectivity index (χ0) is 65.7. The van der Waals surface area contributed by atoms with Gasteiger partial charge >= 0.3 is 39.5 Å². The molecule has 0 spiro atoms. The highest BCUT2D eigenvalue weighted by Crippen LogP contribution is 2.45. The molecule has 0 fully saturated rings. The van der Waals surface area contributed by atoms with Crippen molar-refractivity contribution in [1.82, 2.24) is 0 Å². The number of rotatable bonds is 69. The molecule has 0 aliphatic heterocycles. The van der Waals surface area contributed by atoms with Gasteiger partial charge in [-0.25, -0.2) is 9.13 Å². The Labute approximate surface area is 543 Å². The van der Waals surface area contributed by atoms with Gasteiger partial charge in [0, 0.05) is 25.7 Å². The average molecular weight is 1310 g/mol. The monoisotopic (exact) mass is 1310 g/mol. The quantitative estimate of drug-likeness (QED) is 0.0222. The highest BCUT2D eigenvalue weighted by molar-refractivity contribution is 7.47. The minimum absolute atomic E-state index is 0.102. The maximum Gasteiger partial charge on any atom is 0.472 e. The molecule has 0 radical (unpaired) electrons. The zero-order valence-electron chi connectivity index (χ0n) is 57.7. The number of carbonyl (C=O) groups excluding carboxylic acids is 4. The van der Waals surface area contributed by atoms with Gasteiger partial charge in [0.05, 0.1) is 26.4 Å². The highest BCUT2D eigenvalue weighted by atomic mass is 31.2. The molecule has 0 aliphatic rings. The second-order valence-corrected chi connectivity index (χ2v) is 29.1. The number of phosphoric ester groups is 2. The number of hydrogen-bond donors (Lipinski definition) is 3. The normalized spacial score (nSPS) is 14.1. The van der Waals surface area contributed by atoms with E-state index < -0.39 is 97.5 Å². The van der Waals surface area contributed by atoms with E-state index in [0.29, 0.717) is 37.5 Å². The number of aliphatic hydroxyl groups excluding tert-OH is 1. The Balaban J connectivity index is 5.21. The van der Waals surface area contributed by atoms with Gasteiger partial charge in [0.25, 0.3) is 0 Å². The summed E-state index contributed by atoms with van der Waals surface area (Å²) < 4.78 is 68.2. The summed E-state index contributed by atoms with van der Waals surface area (Å²) >= 11 is 0. The van der Waals surface area contributed by atoms with Crippen LogP contribution in [-0.4, -0.2) is 96.7 Å². The van der Waals surface area contributed by atoms with Gasteiger partial charge in [-0.05, 0) is 37.5 Å². The molecule has 0 rings (SSSR count). The van der Waals surface area contributed by atoms with E-state index in [9.17, 15) is 43.2 Å². The highest BCUT2D eigenvalue weighted by Gasteiger charge is 2.30. The maximum atomic E-state index is 13.0. The summed E-state index contributed by atoms with van der Waals surface area (Å²) in [5.41, 5.74) is 0. The van der Waals surface area contributed by atoms with Gasteiger partial charge in [0.1, 0.15) is 19.3 Å². The van der Waals surface area contributed by atoms with Crippen LogP contribution in [0, 0.1) is 11.8 Å². The molecule has 89 heavy (non-hydrogen) atoms. The predicted molar refractivity (Wildman–Crippen MR) is 358 cm³/mol. The van der Waals surface area contributed by atoms with E-state index in [1.54, 1.807) is 0 Å². The minimum Gasteiger partial charge on any atom is -0.462 e. The van der Waals surface area contributed by atoms with Crippen molar-refractivity contribution in [2.75, 3.05) is 39.6 Å².